The van der Waals surface area contributed by atoms with Crippen molar-refractivity contribution in [3.63, 3.8) is 0 Å². The van der Waals surface area contributed by atoms with Crippen LogP contribution in [-0.4, -0.2) is 63.9 Å². The number of halogens is 2. The second-order valence-electron chi connectivity index (χ2n) is 8.17. The van der Waals surface area contributed by atoms with Crippen LogP contribution < -0.4 is 15.4 Å². The van der Waals surface area contributed by atoms with E-state index in [1.165, 1.54) is 35.2 Å². The highest BCUT2D eigenvalue weighted by atomic mass is 35.5. The molecule has 13 heteroatoms. The molecule has 37 heavy (non-hydrogen) atoms. The van der Waals surface area contributed by atoms with Gasteiger partial charge in [0.1, 0.15) is 5.69 Å². The minimum atomic E-state index is -0.582. The normalized spacial score (nSPS) is 14.9. The second-order valence-corrected chi connectivity index (χ2v) is 9.01. The molecule has 1 unspecified atom stereocenters. The molecule has 0 saturated carbocycles. The van der Waals surface area contributed by atoms with Crippen LogP contribution in [0.4, 0.5) is 5.69 Å². The Morgan fingerprint density at radius 1 is 1.22 bits per heavy atom. The number of carbonyl (C=O) groups is 3. The highest BCUT2D eigenvalue weighted by Crippen LogP contribution is 2.28. The fraction of sp³-hybridized carbons (Fsp3) is 0.292. The van der Waals surface area contributed by atoms with Crippen LogP contribution in [-0.2, 0) is 9.63 Å². The molecule has 3 amide bonds. The first-order chi connectivity index (χ1) is 17.7. The van der Waals surface area contributed by atoms with E-state index in [1.807, 2.05) is 0 Å². The lowest BCUT2D eigenvalue weighted by molar-refractivity contribution is -0.168. The van der Waals surface area contributed by atoms with E-state index in [-0.39, 0.29) is 59.1 Å². The highest BCUT2D eigenvalue weighted by Gasteiger charge is 2.30. The second kappa shape index (κ2) is 11.2. The molecule has 0 aliphatic carbocycles. The Hall–Kier alpha value is -3.67. The van der Waals surface area contributed by atoms with Gasteiger partial charge in [-0.1, -0.05) is 30.1 Å². The number of nitrogens with zero attached hydrogens (tertiary/aromatic N) is 4. The third-order valence-electron chi connectivity index (χ3n) is 5.59. The fourth-order valence-electron chi connectivity index (χ4n) is 3.77. The summed E-state index contributed by atoms with van der Waals surface area (Å²) in [7, 11) is 1.42. The number of nitrogens with one attached hydrogen (secondary N) is 2. The number of aryl methyl sites for hydroxylation is 1. The van der Waals surface area contributed by atoms with Gasteiger partial charge in [0.15, 0.2) is 5.82 Å². The lowest BCUT2D eigenvalue weighted by Crippen LogP contribution is -2.39. The molecule has 1 aromatic carbocycles. The number of aromatic nitrogens is 3. The van der Waals surface area contributed by atoms with Crippen LogP contribution in [0.15, 0.2) is 36.5 Å². The molecule has 1 fully saturated rings. The van der Waals surface area contributed by atoms with Crippen molar-refractivity contribution in [2.45, 2.75) is 26.3 Å². The number of ether oxygens (including phenoxy) is 1. The van der Waals surface area contributed by atoms with Gasteiger partial charge in [-0.05, 0) is 36.8 Å². The number of methoxy groups -OCH3 is 1. The average molecular weight is 547 g/mol. The quantitative estimate of drug-likeness (QED) is 0.464. The molecule has 194 valence electrons. The predicted molar refractivity (Wildman–Crippen MR) is 136 cm³/mol. The summed E-state index contributed by atoms with van der Waals surface area (Å²) in [6.45, 7) is 3.79. The minimum absolute atomic E-state index is 0.0797. The molecule has 2 aromatic heterocycles. The summed E-state index contributed by atoms with van der Waals surface area (Å²) >= 11 is 12.5. The Morgan fingerprint density at radius 3 is 2.70 bits per heavy atom. The summed E-state index contributed by atoms with van der Waals surface area (Å²) in [6, 6.07) is 7.36. The van der Waals surface area contributed by atoms with Crippen LogP contribution >= 0.6 is 23.2 Å². The summed E-state index contributed by atoms with van der Waals surface area (Å²) in [5.41, 5.74) is 1.04. The van der Waals surface area contributed by atoms with Crippen LogP contribution in [0.5, 0.6) is 5.88 Å². The number of pyridine rings is 1. The Bertz CT molecular complexity index is 1360. The molecule has 2 N–H and O–H groups in total. The average Bonchev–Trinajstić information content (AvgIpc) is 3.52. The van der Waals surface area contributed by atoms with Crippen LogP contribution in [0.2, 0.25) is 10.0 Å². The van der Waals surface area contributed by atoms with Gasteiger partial charge in [-0.25, -0.2) is 14.7 Å². The van der Waals surface area contributed by atoms with Crippen LogP contribution in [0, 0.1) is 6.92 Å². The van der Waals surface area contributed by atoms with Crippen molar-refractivity contribution in [1.82, 2.24) is 25.1 Å². The van der Waals surface area contributed by atoms with E-state index in [1.54, 1.807) is 32.0 Å². The standard InChI is InChI=1S/C24H24Cl2N6O5/c1-4-20(33)31-11-15(12-37-31)28-23(34)16-9-14(25)8-13(2)21(16)29-24(35)18-10-19(36-3)30-32(18)22-17(26)6-5-7-27-22/h5-10,15H,4,11-12H2,1-3H3,(H,28,34)(H,29,35). The molecular weight excluding hydrogens is 523 g/mol. The van der Waals surface area contributed by atoms with E-state index in [0.29, 0.717) is 10.6 Å². The number of benzene rings is 1. The molecular formula is C24H24Cl2N6O5. The maximum absolute atomic E-state index is 13.4. The van der Waals surface area contributed by atoms with E-state index in [9.17, 15) is 14.4 Å². The summed E-state index contributed by atoms with van der Waals surface area (Å²) in [4.78, 5) is 48.1. The molecule has 11 nitrogen and oxygen atoms in total. The van der Waals surface area contributed by atoms with Crippen LogP contribution in [0.3, 0.4) is 0 Å². The number of hydroxylamine groups is 2. The van der Waals surface area contributed by atoms with Crippen molar-refractivity contribution in [3.8, 4) is 11.7 Å². The van der Waals surface area contributed by atoms with E-state index in [4.69, 9.17) is 32.8 Å². The van der Waals surface area contributed by atoms with Gasteiger partial charge in [0.05, 0.1) is 42.6 Å². The molecule has 4 rings (SSSR count). The van der Waals surface area contributed by atoms with Crippen molar-refractivity contribution >= 4 is 46.6 Å². The molecule has 0 bridgehead atoms. The van der Waals surface area contributed by atoms with E-state index in [0.717, 1.165) is 0 Å². The number of carbonyl (C=O) groups excluding carboxylic acids is 3. The smallest absolute Gasteiger partial charge is 0.274 e. The monoisotopic (exact) mass is 546 g/mol. The summed E-state index contributed by atoms with van der Waals surface area (Å²) in [6.07, 6.45) is 1.81. The summed E-state index contributed by atoms with van der Waals surface area (Å²) < 4.78 is 6.46. The third kappa shape index (κ3) is 5.68. The third-order valence-corrected chi connectivity index (χ3v) is 6.10. The van der Waals surface area contributed by atoms with Gasteiger partial charge < -0.3 is 15.4 Å². The molecule has 1 aliphatic rings. The van der Waals surface area contributed by atoms with Gasteiger partial charge in [-0.3, -0.25) is 19.2 Å². The Morgan fingerprint density at radius 2 is 2.00 bits per heavy atom. The zero-order chi connectivity index (χ0) is 26.7. The van der Waals surface area contributed by atoms with Gasteiger partial charge in [0.2, 0.25) is 11.8 Å². The van der Waals surface area contributed by atoms with Crippen LogP contribution in [0.25, 0.3) is 5.82 Å². The fourth-order valence-corrected chi connectivity index (χ4v) is 4.24. The van der Waals surface area contributed by atoms with Crippen molar-refractivity contribution in [1.29, 1.82) is 0 Å². The topological polar surface area (TPSA) is 128 Å². The largest absolute Gasteiger partial charge is 0.480 e. The molecule has 0 radical (unpaired) electrons. The molecule has 1 atom stereocenters. The van der Waals surface area contributed by atoms with Gasteiger partial charge in [0, 0.05) is 23.7 Å². The molecule has 3 heterocycles. The number of amides is 3. The minimum Gasteiger partial charge on any atom is -0.480 e. The van der Waals surface area contributed by atoms with Crippen LogP contribution in [0.1, 0.15) is 39.8 Å². The van der Waals surface area contributed by atoms with E-state index >= 15 is 0 Å². The Labute approximate surface area is 222 Å². The number of hydrogen-bond acceptors (Lipinski definition) is 7. The maximum atomic E-state index is 13.4. The first-order valence-electron chi connectivity index (χ1n) is 11.3. The zero-order valence-corrected chi connectivity index (χ0v) is 21.8. The van der Waals surface area contributed by atoms with Gasteiger partial charge in [0.25, 0.3) is 11.8 Å². The van der Waals surface area contributed by atoms with Crippen molar-refractivity contribution in [2.75, 3.05) is 25.6 Å². The first-order valence-corrected chi connectivity index (χ1v) is 12.1. The molecule has 1 aliphatic heterocycles. The Kier molecular flexibility index (Phi) is 7.96. The zero-order valence-electron chi connectivity index (χ0n) is 20.2. The predicted octanol–water partition coefficient (Wildman–Crippen LogP) is 3.43. The Balaban J connectivity index is 1.62. The molecule has 0 spiro atoms. The first kappa shape index (κ1) is 26.4. The molecule has 1 saturated heterocycles. The number of anilines is 1. The van der Waals surface area contributed by atoms with Gasteiger partial charge >= 0.3 is 0 Å². The lowest BCUT2D eigenvalue weighted by atomic mass is 10.1. The highest BCUT2D eigenvalue weighted by molar-refractivity contribution is 6.32. The van der Waals surface area contributed by atoms with E-state index in [2.05, 4.69) is 20.7 Å². The summed E-state index contributed by atoms with van der Waals surface area (Å²) in [5, 5.41) is 11.7. The van der Waals surface area contributed by atoms with Gasteiger partial charge in [-0.2, -0.15) is 0 Å². The number of hydrogen-bond donors (Lipinski definition) is 2. The molecule has 3 aromatic rings. The van der Waals surface area contributed by atoms with E-state index < -0.39 is 17.9 Å². The lowest BCUT2D eigenvalue weighted by Gasteiger charge is -2.17. The maximum Gasteiger partial charge on any atom is 0.274 e. The van der Waals surface area contributed by atoms with Gasteiger partial charge in [-0.15, -0.1) is 5.10 Å². The van der Waals surface area contributed by atoms with Crippen molar-refractivity contribution < 1.29 is 24.0 Å². The number of rotatable bonds is 7. The van der Waals surface area contributed by atoms with Crippen molar-refractivity contribution in [2.24, 2.45) is 0 Å². The SMILES string of the molecule is CCC(=O)N1CC(NC(=O)c2cc(Cl)cc(C)c2NC(=O)c2cc(OC)nn2-c2ncccc2Cl)CO1. The van der Waals surface area contributed by atoms with Crippen molar-refractivity contribution in [3.05, 3.63) is 63.4 Å². The summed E-state index contributed by atoms with van der Waals surface area (Å²) in [5.74, 6) is -0.843.